The van der Waals surface area contributed by atoms with Crippen molar-refractivity contribution in [3.63, 3.8) is 0 Å². The highest BCUT2D eigenvalue weighted by Crippen LogP contribution is 2.44. The molecule has 0 N–H and O–H groups in total. The Morgan fingerprint density at radius 1 is 1.20 bits per heavy atom. The van der Waals surface area contributed by atoms with E-state index < -0.39 is 0 Å². The maximum absolute atomic E-state index is 6.17. The first kappa shape index (κ1) is 16.3. The molecule has 0 radical (unpaired) electrons. The molecular weight excluding hydrogens is 250 g/mol. The van der Waals surface area contributed by atoms with Crippen molar-refractivity contribution >= 4 is 0 Å². The van der Waals surface area contributed by atoms with Gasteiger partial charge in [0.1, 0.15) is 0 Å². The van der Waals surface area contributed by atoms with Crippen molar-refractivity contribution in [3.05, 3.63) is 0 Å². The van der Waals surface area contributed by atoms with Gasteiger partial charge in [-0.3, -0.25) is 4.90 Å². The van der Waals surface area contributed by atoms with E-state index in [2.05, 4.69) is 25.7 Å². The van der Waals surface area contributed by atoms with Gasteiger partial charge in [-0.15, -0.1) is 0 Å². The Morgan fingerprint density at radius 2 is 1.90 bits per heavy atom. The van der Waals surface area contributed by atoms with E-state index in [0.29, 0.717) is 17.6 Å². The molecule has 118 valence electrons. The second kappa shape index (κ2) is 7.77. The van der Waals surface area contributed by atoms with Crippen LogP contribution < -0.4 is 0 Å². The molecule has 0 aromatic carbocycles. The molecule has 2 rings (SSSR count). The first-order chi connectivity index (χ1) is 9.67. The first-order valence-corrected chi connectivity index (χ1v) is 8.63. The van der Waals surface area contributed by atoms with Crippen molar-refractivity contribution in [2.24, 2.45) is 5.41 Å². The molecule has 0 aromatic heterocycles. The number of rotatable bonds is 8. The Balaban J connectivity index is 1.61. The lowest BCUT2D eigenvalue weighted by Crippen LogP contribution is -2.58. The van der Waals surface area contributed by atoms with E-state index >= 15 is 0 Å². The molecule has 1 aliphatic carbocycles. The molecule has 20 heavy (non-hydrogen) atoms. The summed E-state index contributed by atoms with van der Waals surface area (Å²) in [6, 6.07) is 0. The van der Waals surface area contributed by atoms with E-state index in [4.69, 9.17) is 9.47 Å². The summed E-state index contributed by atoms with van der Waals surface area (Å²) < 4.78 is 11.6. The Bertz CT molecular complexity index is 266. The molecule has 3 nitrogen and oxygen atoms in total. The fourth-order valence-electron chi connectivity index (χ4n) is 3.86. The number of hydrogen-bond donors (Lipinski definition) is 0. The second-order valence-electron chi connectivity index (χ2n) is 6.84. The standard InChI is InChI=1S/C17H33NO2/c1-4-6-15(3)20-16-7-9-17(10-8-16)13-18(14-17)11-12-19-5-2/h15-16H,4-14H2,1-3H3. The van der Waals surface area contributed by atoms with Gasteiger partial charge in [0.2, 0.25) is 0 Å². The lowest BCUT2D eigenvalue weighted by atomic mass is 9.68. The fraction of sp³-hybridized carbons (Fsp3) is 1.00. The van der Waals surface area contributed by atoms with Crippen LogP contribution in [0.4, 0.5) is 0 Å². The minimum atomic E-state index is 0.447. The third kappa shape index (κ3) is 4.44. The summed E-state index contributed by atoms with van der Waals surface area (Å²) in [5, 5.41) is 0. The van der Waals surface area contributed by atoms with Crippen LogP contribution in [0.2, 0.25) is 0 Å². The molecule has 1 aliphatic heterocycles. The summed E-state index contributed by atoms with van der Waals surface area (Å²) in [4.78, 5) is 2.55. The predicted molar refractivity (Wildman–Crippen MR) is 83.1 cm³/mol. The van der Waals surface area contributed by atoms with Crippen molar-refractivity contribution in [2.75, 3.05) is 32.8 Å². The largest absolute Gasteiger partial charge is 0.380 e. The molecule has 1 saturated carbocycles. The number of likely N-dealkylation sites (tertiary alicyclic amines) is 1. The number of nitrogens with zero attached hydrogens (tertiary/aromatic N) is 1. The zero-order valence-electron chi connectivity index (χ0n) is 13.7. The van der Waals surface area contributed by atoms with Crippen molar-refractivity contribution in [1.82, 2.24) is 4.90 Å². The van der Waals surface area contributed by atoms with Gasteiger partial charge in [-0.05, 0) is 51.4 Å². The zero-order chi connectivity index (χ0) is 14.4. The molecule has 0 amide bonds. The van der Waals surface area contributed by atoms with Crippen LogP contribution in [0.15, 0.2) is 0 Å². The highest BCUT2D eigenvalue weighted by Gasteiger charge is 2.44. The Labute approximate surface area is 125 Å². The molecule has 1 atom stereocenters. The average Bonchev–Trinajstić information content (AvgIpc) is 2.39. The van der Waals surface area contributed by atoms with Gasteiger partial charge in [-0.2, -0.15) is 0 Å². The van der Waals surface area contributed by atoms with Crippen LogP contribution in [-0.4, -0.2) is 50.0 Å². The van der Waals surface area contributed by atoms with E-state index in [1.807, 2.05) is 0 Å². The van der Waals surface area contributed by atoms with Gasteiger partial charge in [-0.1, -0.05) is 13.3 Å². The molecule has 1 heterocycles. The molecule has 1 spiro atoms. The summed E-state index contributed by atoms with van der Waals surface area (Å²) in [5.74, 6) is 0. The minimum Gasteiger partial charge on any atom is -0.380 e. The smallest absolute Gasteiger partial charge is 0.0593 e. The Hall–Kier alpha value is -0.120. The summed E-state index contributed by atoms with van der Waals surface area (Å²) in [7, 11) is 0. The van der Waals surface area contributed by atoms with Crippen molar-refractivity contribution < 1.29 is 9.47 Å². The van der Waals surface area contributed by atoms with Gasteiger partial charge in [0.05, 0.1) is 18.8 Å². The lowest BCUT2D eigenvalue weighted by Gasteiger charge is -2.53. The van der Waals surface area contributed by atoms with Crippen molar-refractivity contribution in [2.45, 2.75) is 71.5 Å². The lowest BCUT2D eigenvalue weighted by molar-refractivity contribution is -0.0920. The summed E-state index contributed by atoms with van der Waals surface area (Å²) in [6.07, 6.45) is 8.67. The minimum absolute atomic E-state index is 0.447. The maximum Gasteiger partial charge on any atom is 0.0593 e. The van der Waals surface area contributed by atoms with Crippen LogP contribution in [0.3, 0.4) is 0 Å². The third-order valence-electron chi connectivity index (χ3n) is 4.99. The highest BCUT2D eigenvalue weighted by atomic mass is 16.5. The number of hydrogen-bond acceptors (Lipinski definition) is 3. The monoisotopic (exact) mass is 283 g/mol. The SMILES string of the molecule is CCCC(C)OC1CCC2(CC1)CN(CCOCC)C2. The van der Waals surface area contributed by atoms with Crippen LogP contribution in [0.5, 0.6) is 0 Å². The zero-order valence-corrected chi connectivity index (χ0v) is 13.7. The topological polar surface area (TPSA) is 21.7 Å². The van der Waals surface area contributed by atoms with Crippen LogP contribution >= 0.6 is 0 Å². The van der Waals surface area contributed by atoms with E-state index in [0.717, 1.165) is 19.8 Å². The summed E-state index contributed by atoms with van der Waals surface area (Å²) >= 11 is 0. The fourth-order valence-corrected chi connectivity index (χ4v) is 3.86. The highest BCUT2D eigenvalue weighted by molar-refractivity contribution is 4.98. The van der Waals surface area contributed by atoms with Gasteiger partial charge in [0, 0.05) is 26.2 Å². The van der Waals surface area contributed by atoms with Gasteiger partial charge >= 0.3 is 0 Å². The second-order valence-corrected chi connectivity index (χ2v) is 6.84. The Kier molecular flexibility index (Phi) is 6.31. The van der Waals surface area contributed by atoms with Gasteiger partial charge in [0.25, 0.3) is 0 Å². The molecule has 0 aromatic rings. The van der Waals surface area contributed by atoms with Gasteiger partial charge in [-0.25, -0.2) is 0 Å². The molecular formula is C17H33NO2. The summed E-state index contributed by atoms with van der Waals surface area (Å²) in [6.45, 7) is 12.0. The quantitative estimate of drug-likeness (QED) is 0.637. The molecule has 1 unspecified atom stereocenters. The van der Waals surface area contributed by atoms with E-state index in [-0.39, 0.29) is 0 Å². The van der Waals surface area contributed by atoms with Crippen LogP contribution in [0.25, 0.3) is 0 Å². The summed E-state index contributed by atoms with van der Waals surface area (Å²) in [5.41, 5.74) is 0.625. The molecule has 3 heteroatoms. The van der Waals surface area contributed by atoms with Crippen molar-refractivity contribution in [3.8, 4) is 0 Å². The van der Waals surface area contributed by atoms with Crippen LogP contribution in [0.1, 0.15) is 59.3 Å². The van der Waals surface area contributed by atoms with E-state index in [1.165, 1.54) is 51.6 Å². The van der Waals surface area contributed by atoms with Gasteiger partial charge in [0.15, 0.2) is 0 Å². The normalized spacial score (nSPS) is 24.8. The first-order valence-electron chi connectivity index (χ1n) is 8.63. The average molecular weight is 283 g/mol. The number of ether oxygens (including phenoxy) is 2. The molecule has 2 aliphatic rings. The molecule has 0 bridgehead atoms. The Morgan fingerprint density at radius 3 is 2.50 bits per heavy atom. The maximum atomic E-state index is 6.17. The third-order valence-corrected chi connectivity index (χ3v) is 4.99. The van der Waals surface area contributed by atoms with E-state index in [9.17, 15) is 0 Å². The molecule has 1 saturated heterocycles. The van der Waals surface area contributed by atoms with Crippen LogP contribution in [-0.2, 0) is 9.47 Å². The van der Waals surface area contributed by atoms with Crippen LogP contribution in [0, 0.1) is 5.41 Å². The van der Waals surface area contributed by atoms with Crippen molar-refractivity contribution in [1.29, 1.82) is 0 Å². The van der Waals surface area contributed by atoms with E-state index in [1.54, 1.807) is 0 Å². The predicted octanol–water partition coefficient (Wildman–Crippen LogP) is 3.47. The molecule has 2 fully saturated rings. The van der Waals surface area contributed by atoms with Gasteiger partial charge < -0.3 is 9.47 Å².